The van der Waals surface area contributed by atoms with Crippen molar-refractivity contribution in [2.45, 2.75) is 53.4 Å². The Bertz CT molecular complexity index is 1440. The minimum absolute atomic E-state index is 0.0840. The van der Waals surface area contributed by atoms with Gasteiger partial charge in [-0.25, -0.2) is 0 Å². The van der Waals surface area contributed by atoms with Crippen LogP contribution in [0.4, 0.5) is 28.9 Å². The van der Waals surface area contributed by atoms with Gasteiger partial charge in [0.05, 0.1) is 0 Å². The van der Waals surface area contributed by atoms with E-state index in [1.54, 1.807) is 27.7 Å². The molecule has 4 rings (SSSR count). The van der Waals surface area contributed by atoms with Crippen LogP contribution in [0.1, 0.15) is 53.4 Å². The molecule has 0 aliphatic heterocycles. The van der Waals surface area contributed by atoms with Gasteiger partial charge < -0.3 is 0 Å². The van der Waals surface area contributed by atoms with Crippen LogP contribution in [-0.4, -0.2) is 25.9 Å². The third kappa shape index (κ3) is 4.95. The Morgan fingerprint density at radius 3 is 1.37 bits per heavy atom. The molecule has 0 saturated heterocycles. The number of allylic oxidation sites excluding steroid dienone is 8. The van der Waals surface area contributed by atoms with Crippen molar-refractivity contribution in [1.29, 1.82) is 0 Å². The molecule has 4 nitrogen and oxygen atoms in total. The molecule has 2 aliphatic carbocycles. The van der Waals surface area contributed by atoms with Gasteiger partial charge in [0.1, 0.15) is 0 Å². The third-order valence-electron chi connectivity index (χ3n) is 8.20. The standard InChI is InChI=1S/2C10H10F2NO.2C6H7.Ti/c2*1-3-10(14)13(2)9-5-4-7(11)6-8(9)12;2*1-6-4-2-3-5-6;/h2*4-5H,3H2,1-2H3;2*2,4H,3H2,1H3;. The Kier molecular flexibility index (Phi) is 8.95. The maximum absolute atomic E-state index is 16.9. The molecule has 0 spiro atoms. The van der Waals surface area contributed by atoms with Gasteiger partial charge in [-0.2, -0.15) is 0 Å². The molecule has 0 heterocycles. The van der Waals surface area contributed by atoms with Gasteiger partial charge in [-0.15, -0.1) is 0 Å². The van der Waals surface area contributed by atoms with Crippen molar-refractivity contribution in [2.75, 3.05) is 23.9 Å². The summed E-state index contributed by atoms with van der Waals surface area (Å²) in [5, 5.41) is 0. The molecule has 216 valence electrons. The van der Waals surface area contributed by atoms with Crippen LogP contribution >= 0.6 is 0 Å². The molecule has 0 aromatic heterocycles. The van der Waals surface area contributed by atoms with E-state index in [1.165, 1.54) is 26.2 Å². The summed E-state index contributed by atoms with van der Waals surface area (Å²) in [5.41, 5.74) is 1.07. The quantitative estimate of drug-likeness (QED) is 0.254. The van der Waals surface area contributed by atoms with Crippen LogP contribution in [0.15, 0.2) is 67.5 Å². The van der Waals surface area contributed by atoms with Gasteiger partial charge in [0.25, 0.3) is 0 Å². The number of hydrogen-bond acceptors (Lipinski definition) is 2. The fourth-order valence-electron chi connectivity index (χ4n) is 6.07. The molecule has 41 heavy (non-hydrogen) atoms. The van der Waals surface area contributed by atoms with Gasteiger partial charge in [0.2, 0.25) is 0 Å². The van der Waals surface area contributed by atoms with Crippen molar-refractivity contribution in [3.8, 4) is 0 Å². The number of hydrogen-bond donors (Lipinski definition) is 0. The Hall–Kier alpha value is -3.23. The molecule has 0 atom stereocenters. The number of amides is 2. The SMILES string of the molecule is CCC(=O)N(C)c1ccc(F)[c]([Ti]([C]2=C(C)C=CC2)([C]2=C(C)C=CC2)[c]2c(F)ccc(N(C)C(=O)CC)c2F)c1F. The van der Waals surface area contributed by atoms with E-state index in [0.29, 0.717) is 18.9 Å². The molecule has 0 bridgehead atoms. The summed E-state index contributed by atoms with van der Waals surface area (Å²) in [7, 11) is 2.80. The molecule has 0 fully saturated rings. The fraction of sp³-hybridized carbons (Fsp3) is 0.312. The van der Waals surface area contributed by atoms with Crippen molar-refractivity contribution in [3.63, 3.8) is 0 Å². The predicted octanol–water partition coefficient (Wildman–Crippen LogP) is 6.56. The van der Waals surface area contributed by atoms with Crippen LogP contribution in [0.25, 0.3) is 0 Å². The van der Waals surface area contributed by atoms with Crippen LogP contribution in [0.2, 0.25) is 0 Å². The molecular formula is C32H34F4N2O2Ti. The topological polar surface area (TPSA) is 40.6 Å². The van der Waals surface area contributed by atoms with Crippen molar-refractivity contribution < 1.29 is 43.7 Å². The van der Waals surface area contributed by atoms with Gasteiger partial charge in [0.15, 0.2) is 0 Å². The monoisotopic (exact) mass is 602 g/mol. The van der Waals surface area contributed by atoms with E-state index in [2.05, 4.69) is 0 Å². The molecule has 0 radical (unpaired) electrons. The van der Waals surface area contributed by atoms with Crippen molar-refractivity contribution >= 4 is 30.9 Å². The molecule has 2 amide bonds. The molecule has 2 aromatic carbocycles. The van der Waals surface area contributed by atoms with E-state index in [4.69, 9.17) is 0 Å². The number of nitrogens with zero attached hydrogens (tertiary/aromatic N) is 2. The van der Waals surface area contributed by atoms with Gasteiger partial charge >= 0.3 is 243 Å². The zero-order valence-corrected chi connectivity index (χ0v) is 25.7. The number of carbonyl (C=O) groups excluding carboxylic acids is 2. The van der Waals surface area contributed by atoms with Crippen LogP contribution in [0, 0.1) is 23.3 Å². The Morgan fingerprint density at radius 1 is 0.707 bits per heavy atom. The summed E-state index contributed by atoms with van der Waals surface area (Å²) in [6.07, 6.45) is 7.99. The average Bonchev–Trinajstić information content (AvgIpc) is 3.58. The summed E-state index contributed by atoms with van der Waals surface area (Å²) in [6.45, 7) is 6.83. The summed E-state index contributed by atoms with van der Waals surface area (Å²) in [6, 6.07) is 4.54. The zero-order chi connectivity index (χ0) is 30.2. The maximum atomic E-state index is 16.9. The molecule has 0 unspecified atom stereocenters. The van der Waals surface area contributed by atoms with Crippen LogP contribution in [-0.2, 0) is 26.2 Å². The number of rotatable bonds is 8. The summed E-state index contributed by atoms with van der Waals surface area (Å²) < 4.78 is 67.0. The van der Waals surface area contributed by atoms with Gasteiger partial charge in [0, 0.05) is 0 Å². The second-order valence-corrected chi connectivity index (χ2v) is 16.2. The molecular weight excluding hydrogens is 568 g/mol. The van der Waals surface area contributed by atoms with Crippen LogP contribution < -0.4 is 17.5 Å². The molecule has 0 N–H and O–H groups in total. The second kappa shape index (κ2) is 11.9. The van der Waals surface area contributed by atoms with E-state index >= 15 is 17.6 Å². The summed E-state index contributed by atoms with van der Waals surface area (Å²) >= 11 is -5.18. The first-order valence-corrected chi connectivity index (χ1v) is 16.8. The summed E-state index contributed by atoms with van der Waals surface area (Å²) in [4.78, 5) is 27.4. The second-order valence-electron chi connectivity index (χ2n) is 10.4. The molecule has 2 aromatic rings. The van der Waals surface area contributed by atoms with E-state index in [0.717, 1.165) is 21.9 Å². The minimum atomic E-state index is -5.18. The van der Waals surface area contributed by atoms with Crippen molar-refractivity contribution in [3.05, 3.63) is 90.7 Å². The first-order valence-electron chi connectivity index (χ1n) is 13.7. The van der Waals surface area contributed by atoms with Crippen molar-refractivity contribution in [2.24, 2.45) is 0 Å². The van der Waals surface area contributed by atoms with E-state index in [9.17, 15) is 9.59 Å². The Morgan fingerprint density at radius 2 is 1.07 bits per heavy atom. The number of carbonyl (C=O) groups is 2. The van der Waals surface area contributed by atoms with Gasteiger partial charge in [-0.05, 0) is 0 Å². The first-order chi connectivity index (χ1) is 19.4. The predicted molar refractivity (Wildman–Crippen MR) is 152 cm³/mol. The normalized spacial score (nSPS) is 14.9. The number of halogens is 4. The Balaban J connectivity index is 2.26. The Labute approximate surface area is 242 Å². The van der Waals surface area contributed by atoms with Crippen LogP contribution in [0.3, 0.4) is 0 Å². The third-order valence-corrected chi connectivity index (χ3v) is 16.7. The van der Waals surface area contributed by atoms with Crippen LogP contribution in [0.5, 0.6) is 0 Å². The average molecular weight is 602 g/mol. The zero-order valence-electron chi connectivity index (χ0n) is 24.2. The van der Waals surface area contributed by atoms with E-state index in [-0.39, 0.29) is 44.8 Å². The van der Waals surface area contributed by atoms with E-state index in [1.807, 2.05) is 24.3 Å². The van der Waals surface area contributed by atoms with Gasteiger partial charge in [-0.3, -0.25) is 0 Å². The number of anilines is 2. The fourth-order valence-corrected chi connectivity index (χ4v) is 15.2. The number of benzene rings is 2. The van der Waals surface area contributed by atoms with Gasteiger partial charge in [-0.1, -0.05) is 0 Å². The van der Waals surface area contributed by atoms with E-state index < -0.39 is 51.7 Å². The molecule has 9 heteroatoms. The van der Waals surface area contributed by atoms with Crippen molar-refractivity contribution in [1.82, 2.24) is 0 Å². The molecule has 2 aliphatic rings. The summed E-state index contributed by atoms with van der Waals surface area (Å²) in [5.74, 6) is -4.65. The first kappa shape index (κ1) is 30.7. The molecule has 0 saturated carbocycles.